The molecule has 0 aromatic carbocycles. The number of ether oxygens (including phenoxy) is 12. The van der Waals surface area contributed by atoms with Crippen molar-refractivity contribution in [2.75, 3.05) is 162 Å². The first kappa shape index (κ1) is 81.2. The van der Waals surface area contributed by atoms with Crippen LogP contribution >= 0.6 is 0 Å². The molecule has 6 fully saturated rings. The molecule has 40 heteroatoms. The van der Waals surface area contributed by atoms with Crippen LogP contribution in [0.25, 0.3) is 0 Å². The average molecular weight is 1530 g/mol. The first-order valence-corrected chi connectivity index (χ1v) is 79.7. The van der Waals surface area contributed by atoms with Gasteiger partial charge in [-0.25, -0.2) is 0 Å². The Kier molecular flexibility index (Phi) is 30.1. The molecule has 0 N–H and O–H groups in total. The van der Waals surface area contributed by atoms with Gasteiger partial charge in [-0.05, 0) is 36.3 Å². The first-order chi connectivity index (χ1) is 40.8. The summed E-state index contributed by atoms with van der Waals surface area (Å²) in [7, 11) is -51.9. The lowest BCUT2D eigenvalue weighted by molar-refractivity contribution is 0.00475. The van der Waals surface area contributed by atoms with Crippen molar-refractivity contribution in [2.24, 2.45) is 0 Å². The van der Waals surface area contributed by atoms with Gasteiger partial charge in [0.1, 0.15) is 60.7 Å². The summed E-state index contributed by atoms with van der Waals surface area (Å²) >= 11 is 0. The Balaban J connectivity index is 2.15. The molecule has 520 valence electrons. The fraction of sp³-hybridized carbons (Fsp3) is 1.00. The Labute approximate surface area is 545 Å². The second kappa shape index (κ2) is 32.7. The lowest BCUT2D eigenvalue weighted by Gasteiger charge is -2.71. The summed E-state index contributed by atoms with van der Waals surface area (Å²) in [5.41, 5.74) is 0. The van der Waals surface area contributed by atoms with Crippen LogP contribution in [0.3, 0.4) is 0 Å². The van der Waals surface area contributed by atoms with Gasteiger partial charge in [0.05, 0.1) is 79.3 Å². The molecular formula is C48H120O24Si16. The molecule has 0 aliphatic carbocycles. The molecule has 88 heavy (non-hydrogen) atoms. The maximum Gasteiger partial charge on any atom is 0.447 e. The standard InChI is InChI=1S/C48H120O24Si16/c1-49-25-31-55-37-43-75(13,14)83-61-81(73(7,8)9)62-86(78(19,20)46-40-58-34-28-52-4)69-84(67-83,76(15,16)44-38-56-32-26-50-2)64-82(74(10,11)12)65-85(68-83,77(17,18)45-39-57-33-27-51-3)70-87(63-81,79(21,22)47-41-59-35-29-53-5)72-88(66-82,71-86)80(23,24)48-42-60-36-30-54-6/h25-48H2,1-24H3. The predicted molar refractivity (Wildman–Crippen MR) is 376 cm³/mol. The van der Waals surface area contributed by atoms with Crippen LogP contribution in [0.4, 0.5) is 0 Å². The molecule has 0 aromatic heterocycles. The minimum Gasteiger partial charge on any atom is -0.382 e. The van der Waals surface area contributed by atoms with Crippen molar-refractivity contribution in [3.05, 3.63) is 0 Å². The number of rotatable bonds is 44. The fourth-order valence-electron chi connectivity index (χ4n) is 10.4. The van der Waals surface area contributed by atoms with Crippen LogP contribution in [0.15, 0.2) is 0 Å². The zero-order chi connectivity index (χ0) is 65.9. The molecule has 24 nitrogen and oxygen atoms in total. The SMILES string of the molecule is COCCOCC[Si](C)(C)[Si]12O[Si]3([Si](C)(C)C)O[Si]4([Si](C)(C)CCOCCOC)O[Si]([Si](C)(C)CCOCCOC)(O[Si]5([Si](C)(C)C)O[Si]([Si](C)(C)CCOCCOC)(O1)O[Si]([Si](C)(C)CCOCCOC)(O3)O[Si]([Si](C)(C)CCOCCOC)(O5)O4)O2. The zero-order valence-electron chi connectivity index (χ0n) is 58.8. The van der Waals surface area contributed by atoms with Crippen LogP contribution in [0.1, 0.15) is 0 Å². The number of hydrogen-bond acceptors (Lipinski definition) is 24. The van der Waals surface area contributed by atoms with Crippen LogP contribution < -0.4 is 0 Å². The Morgan fingerprint density at radius 1 is 0.182 bits per heavy atom. The first-order valence-electron chi connectivity index (χ1n) is 31.7. The smallest absolute Gasteiger partial charge is 0.382 e. The summed E-state index contributed by atoms with van der Waals surface area (Å²) in [5.74, 6) is 0. The molecule has 0 amide bonds. The van der Waals surface area contributed by atoms with E-state index in [0.717, 1.165) is 0 Å². The van der Waals surface area contributed by atoms with E-state index >= 15 is 0 Å². The molecule has 6 rings (SSSR count). The molecule has 0 atom stereocenters. The van der Waals surface area contributed by atoms with Crippen molar-refractivity contribution < 1.29 is 106 Å². The fourth-order valence-corrected chi connectivity index (χ4v) is 182. The third-order valence-electron chi connectivity index (χ3n) is 17.9. The van der Waals surface area contributed by atoms with Crippen molar-refractivity contribution in [3.63, 3.8) is 0 Å². The van der Waals surface area contributed by atoms with E-state index in [1.54, 1.807) is 42.7 Å². The highest BCUT2D eigenvalue weighted by Gasteiger charge is 2.92. The van der Waals surface area contributed by atoms with Crippen LogP contribution in [-0.4, -0.2) is 289 Å². The van der Waals surface area contributed by atoms with Gasteiger partial charge < -0.3 is 106 Å². The van der Waals surface area contributed by atoms with Crippen LogP contribution in [0, 0.1) is 0 Å². The largest absolute Gasteiger partial charge is 0.447 e. The van der Waals surface area contributed by atoms with E-state index in [2.05, 4.69) is 118 Å². The Bertz CT molecular complexity index is 1770. The van der Waals surface area contributed by atoms with Crippen LogP contribution in [-0.2, 0) is 106 Å². The minimum absolute atomic E-state index is 0.390. The molecule has 6 aliphatic heterocycles. The van der Waals surface area contributed by atoms with Gasteiger partial charge in [0.15, 0.2) is 0 Å². The van der Waals surface area contributed by atoms with Crippen molar-refractivity contribution >= 4 is 127 Å². The summed E-state index contributed by atoms with van der Waals surface area (Å²) in [6.45, 7) is 49.1. The van der Waals surface area contributed by atoms with Gasteiger partial charge in [-0.1, -0.05) is 118 Å². The van der Waals surface area contributed by atoms with E-state index < -0.39 is 127 Å². The maximum atomic E-state index is 8.91. The lowest BCUT2D eigenvalue weighted by atomic mass is 10.7. The average Bonchev–Trinajstić information content (AvgIpc) is 0.656. The summed E-state index contributed by atoms with van der Waals surface area (Å²) in [4.78, 5) is 0. The zero-order valence-corrected chi connectivity index (χ0v) is 74.8. The van der Waals surface area contributed by atoms with E-state index in [9.17, 15) is 0 Å². The monoisotopic (exact) mass is 1530 g/mol. The Hall–Kier alpha value is 2.51. The normalized spacial score (nSPS) is 30.8. The Morgan fingerprint density at radius 2 is 0.307 bits per heavy atom. The maximum absolute atomic E-state index is 8.91. The number of hydrogen-bond donors (Lipinski definition) is 0. The molecule has 0 unspecified atom stereocenters. The summed E-state index contributed by atoms with van der Waals surface area (Å²) in [5, 5.41) is 0. The van der Waals surface area contributed by atoms with Gasteiger partial charge in [-0.15, -0.1) is 0 Å². The predicted octanol–water partition coefficient (Wildman–Crippen LogP) is 7.30. The second-order valence-electron chi connectivity index (χ2n) is 29.6. The van der Waals surface area contributed by atoms with Crippen LogP contribution in [0.2, 0.25) is 154 Å². The molecule has 0 radical (unpaired) electrons. The molecular weight excluding hydrogens is 1410 g/mol. The van der Waals surface area contributed by atoms with Gasteiger partial charge in [0.2, 0.25) is 0 Å². The van der Waals surface area contributed by atoms with E-state index in [1.165, 1.54) is 0 Å². The van der Waals surface area contributed by atoms with Crippen molar-refractivity contribution in [1.29, 1.82) is 0 Å². The highest BCUT2D eigenvalue weighted by Crippen LogP contribution is 2.59. The van der Waals surface area contributed by atoms with Gasteiger partial charge in [0, 0.05) is 82.3 Å². The second-order valence-corrected chi connectivity index (χ2v) is 131. The van der Waals surface area contributed by atoms with E-state index in [0.29, 0.717) is 155 Å². The van der Waals surface area contributed by atoms with E-state index in [4.69, 9.17) is 106 Å². The third-order valence-corrected chi connectivity index (χ3v) is 133. The van der Waals surface area contributed by atoms with Gasteiger partial charge in [-0.2, -0.15) is 0 Å². The topological polar surface area (TPSA) is 222 Å². The molecule has 6 saturated heterocycles. The Morgan fingerprint density at radius 3 is 0.420 bits per heavy atom. The summed E-state index contributed by atoms with van der Waals surface area (Å²) in [6.07, 6.45) is 0. The van der Waals surface area contributed by atoms with Crippen molar-refractivity contribution in [3.8, 4) is 0 Å². The van der Waals surface area contributed by atoms with Crippen molar-refractivity contribution in [1.82, 2.24) is 0 Å². The molecule has 8 bridgehead atoms. The molecule has 0 aromatic rings. The summed E-state index contributed by atoms with van der Waals surface area (Å²) < 4.78 is 179. The summed E-state index contributed by atoms with van der Waals surface area (Å²) in [6, 6.07) is 3.44. The molecule has 6 heterocycles. The highest BCUT2D eigenvalue weighted by atomic mass is 29.4. The molecule has 0 saturated carbocycles. The number of methoxy groups -OCH3 is 6. The lowest BCUT2D eigenvalue weighted by Crippen LogP contribution is -3.01. The molecule has 6 aliphatic rings. The minimum atomic E-state index is -4.55. The highest BCUT2D eigenvalue weighted by molar-refractivity contribution is 7.57. The van der Waals surface area contributed by atoms with E-state index in [-0.39, 0.29) is 0 Å². The van der Waals surface area contributed by atoms with E-state index in [1.807, 2.05) is 0 Å². The van der Waals surface area contributed by atoms with Gasteiger partial charge >= 0.3 is 66.6 Å². The van der Waals surface area contributed by atoms with Crippen LogP contribution in [0.5, 0.6) is 0 Å². The third kappa shape index (κ3) is 17.9. The molecule has 0 spiro atoms. The van der Waals surface area contributed by atoms with Crippen molar-refractivity contribution in [2.45, 2.75) is 154 Å². The van der Waals surface area contributed by atoms with Gasteiger partial charge in [0.25, 0.3) is 0 Å². The van der Waals surface area contributed by atoms with Gasteiger partial charge in [-0.3, -0.25) is 0 Å². The quantitative estimate of drug-likeness (QED) is 0.0431.